The Morgan fingerprint density at radius 3 is 2.73 bits per heavy atom. The number of hydrogen-bond donors (Lipinski definition) is 2. The minimum absolute atomic E-state index is 0.105. The Balaban J connectivity index is 2.03. The van der Waals surface area contributed by atoms with Crippen LogP contribution < -0.4 is 21.3 Å². The van der Waals surface area contributed by atoms with Gasteiger partial charge < -0.3 is 25.1 Å². The zero-order valence-electron chi connectivity index (χ0n) is 17.6. The Kier molecular flexibility index (Phi) is 7.31. The summed E-state index contributed by atoms with van der Waals surface area (Å²) in [4.78, 5) is 26.3. The number of nitrogens with zero attached hydrogens (tertiary/aromatic N) is 4. The van der Waals surface area contributed by atoms with Gasteiger partial charge in [-0.15, -0.1) is 0 Å². The van der Waals surface area contributed by atoms with Crippen LogP contribution >= 0.6 is 0 Å². The number of aromatic nitrogens is 4. The van der Waals surface area contributed by atoms with Crippen molar-refractivity contribution < 1.29 is 9.47 Å². The number of anilines is 1. The first-order chi connectivity index (χ1) is 14.5. The number of hydrogen-bond acceptors (Lipinski definition) is 8. The van der Waals surface area contributed by atoms with Gasteiger partial charge in [-0.3, -0.25) is 9.78 Å². The van der Waals surface area contributed by atoms with Gasteiger partial charge in [0.2, 0.25) is 5.88 Å². The highest BCUT2D eigenvalue weighted by Crippen LogP contribution is 2.22. The third-order valence-corrected chi connectivity index (χ3v) is 4.47. The first-order valence-electron chi connectivity index (χ1n) is 10.0. The van der Waals surface area contributed by atoms with E-state index in [0.29, 0.717) is 48.9 Å². The predicted octanol–water partition coefficient (Wildman–Crippen LogP) is 2.05. The Morgan fingerprint density at radius 2 is 2.07 bits per heavy atom. The maximum Gasteiger partial charge on any atom is 0.293 e. The number of nitrogens with one attached hydrogen (secondary N) is 1. The van der Waals surface area contributed by atoms with Gasteiger partial charge in [-0.2, -0.15) is 0 Å². The van der Waals surface area contributed by atoms with Crippen molar-refractivity contribution in [3.05, 3.63) is 40.9 Å². The summed E-state index contributed by atoms with van der Waals surface area (Å²) in [5.74, 6) is 0.784. The summed E-state index contributed by atoms with van der Waals surface area (Å²) in [7, 11) is 1.57. The van der Waals surface area contributed by atoms with Crippen molar-refractivity contribution in [3.63, 3.8) is 0 Å². The number of fused-ring (bicyclic) bond motifs is 1. The standard InChI is InChI=1S/C21H28N6O3/c1-4-8-30-9-7-27-18-10-16(15-5-6-19(29-3)24-12-15)23-13-17(18)26-20(21(27)28)25-11-14(2)22/h5-6,10,12-14H,4,7-9,11,22H2,1-3H3,(H,25,26)/t14-/m1/s1. The van der Waals surface area contributed by atoms with E-state index in [1.807, 2.05) is 26.0 Å². The SMILES string of the molecule is CCCOCCn1c(=O)c(NC[C@@H](C)N)nc2cnc(-c3ccc(OC)nc3)cc21. The molecule has 0 bridgehead atoms. The summed E-state index contributed by atoms with van der Waals surface area (Å²) in [5, 5.41) is 3.04. The van der Waals surface area contributed by atoms with Crippen LogP contribution in [0, 0.1) is 0 Å². The van der Waals surface area contributed by atoms with Crippen molar-refractivity contribution >= 4 is 16.9 Å². The van der Waals surface area contributed by atoms with E-state index in [9.17, 15) is 4.79 Å². The Labute approximate surface area is 175 Å². The summed E-state index contributed by atoms with van der Waals surface area (Å²) < 4.78 is 12.4. The molecule has 0 aliphatic heterocycles. The summed E-state index contributed by atoms with van der Waals surface area (Å²) in [6.45, 7) is 5.85. The molecule has 0 saturated heterocycles. The fourth-order valence-corrected chi connectivity index (χ4v) is 2.95. The number of rotatable bonds is 10. The second kappa shape index (κ2) is 10.1. The zero-order valence-corrected chi connectivity index (χ0v) is 17.6. The van der Waals surface area contributed by atoms with Crippen LogP contribution in [0.1, 0.15) is 20.3 Å². The third-order valence-electron chi connectivity index (χ3n) is 4.47. The van der Waals surface area contributed by atoms with Crippen molar-refractivity contribution in [2.24, 2.45) is 5.73 Å². The first-order valence-corrected chi connectivity index (χ1v) is 10.0. The van der Waals surface area contributed by atoms with E-state index in [-0.39, 0.29) is 17.4 Å². The molecule has 9 heteroatoms. The van der Waals surface area contributed by atoms with Crippen molar-refractivity contribution in [1.82, 2.24) is 19.5 Å². The van der Waals surface area contributed by atoms with Crippen LogP contribution in [0.3, 0.4) is 0 Å². The third kappa shape index (κ3) is 5.11. The molecule has 0 radical (unpaired) electrons. The topological polar surface area (TPSA) is 117 Å². The second-order valence-corrected chi connectivity index (χ2v) is 7.04. The van der Waals surface area contributed by atoms with Gasteiger partial charge in [-0.05, 0) is 25.5 Å². The van der Waals surface area contributed by atoms with Gasteiger partial charge in [0.05, 0.1) is 31.1 Å². The fraction of sp³-hybridized carbons (Fsp3) is 0.429. The molecule has 30 heavy (non-hydrogen) atoms. The highest BCUT2D eigenvalue weighted by Gasteiger charge is 2.13. The summed E-state index contributed by atoms with van der Waals surface area (Å²) >= 11 is 0. The minimum atomic E-state index is -0.215. The normalized spacial score (nSPS) is 12.1. The van der Waals surface area contributed by atoms with Crippen molar-refractivity contribution in [2.45, 2.75) is 32.9 Å². The molecule has 0 fully saturated rings. The average Bonchev–Trinajstić information content (AvgIpc) is 2.76. The Bertz CT molecular complexity index is 1030. The van der Waals surface area contributed by atoms with Crippen LogP contribution in [-0.4, -0.2) is 52.4 Å². The second-order valence-electron chi connectivity index (χ2n) is 7.04. The molecule has 9 nitrogen and oxygen atoms in total. The van der Waals surface area contributed by atoms with Gasteiger partial charge in [-0.1, -0.05) is 6.92 Å². The molecular weight excluding hydrogens is 384 g/mol. The molecule has 1 atom stereocenters. The molecule has 0 aromatic carbocycles. The molecule has 3 rings (SSSR count). The molecule has 0 spiro atoms. The van der Waals surface area contributed by atoms with E-state index >= 15 is 0 Å². The number of nitrogens with two attached hydrogens (primary N) is 1. The lowest BCUT2D eigenvalue weighted by Gasteiger charge is -2.15. The van der Waals surface area contributed by atoms with Crippen LogP contribution in [-0.2, 0) is 11.3 Å². The molecule has 3 aromatic heterocycles. The minimum Gasteiger partial charge on any atom is -0.481 e. The highest BCUT2D eigenvalue weighted by atomic mass is 16.5. The Morgan fingerprint density at radius 1 is 1.23 bits per heavy atom. The van der Waals surface area contributed by atoms with Crippen LogP contribution in [0.25, 0.3) is 22.3 Å². The molecule has 3 aromatic rings. The molecule has 0 unspecified atom stereocenters. The lowest BCUT2D eigenvalue weighted by atomic mass is 10.2. The molecule has 160 valence electrons. The summed E-state index contributed by atoms with van der Waals surface area (Å²) in [6.07, 6.45) is 4.27. The quantitative estimate of drug-likeness (QED) is 0.486. The van der Waals surface area contributed by atoms with Crippen molar-refractivity contribution in [1.29, 1.82) is 0 Å². The number of methoxy groups -OCH3 is 1. The van der Waals surface area contributed by atoms with Crippen molar-refractivity contribution in [2.75, 3.05) is 32.2 Å². The predicted molar refractivity (Wildman–Crippen MR) is 117 cm³/mol. The number of pyridine rings is 2. The van der Waals surface area contributed by atoms with Gasteiger partial charge in [0, 0.05) is 43.6 Å². The van der Waals surface area contributed by atoms with Gasteiger partial charge in [-0.25, -0.2) is 9.97 Å². The Hall–Kier alpha value is -3.04. The molecule has 3 heterocycles. The van der Waals surface area contributed by atoms with E-state index in [1.54, 1.807) is 30.1 Å². The average molecular weight is 412 g/mol. The van der Waals surface area contributed by atoms with Crippen molar-refractivity contribution in [3.8, 4) is 17.1 Å². The molecule has 0 aliphatic carbocycles. The lowest BCUT2D eigenvalue weighted by Crippen LogP contribution is -2.31. The highest BCUT2D eigenvalue weighted by molar-refractivity contribution is 5.80. The van der Waals surface area contributed by atoms with Crippen LogP contribution in [0.15, 0.2) is 35.4 Å². The largest absolute Gasteiger partial charge is 0.481 e. The summed E-state index contributed by atoms with van der Waals surface area (Å²) in [6, 6.07) is 5.39. The van der Waals surface area contributed by atoms with Crippen LogP contribution in [0.5, 0.6) is 5.88 Å². The van der Waals surface area contributed by atoms with Crippen LogP contribution in [0.4, 0.5) is 5.82 Å². The van der Waals surface area contributed by atoms with E-state index in [4.69, 9.17) is 15.2 Å². The molecular formula is C21H28N6O3. The first kappa shape index (κ1) is 21.7. The van der Waals surface area contributed by atoms with E-state index < -0.39 is 0 Å². The van der Waals surface area contributed by atoms with Crippen LogP contribution in [0.2, 0.25) is 0 Å². The maximum absolute atomic E-state index is 13.1. The molecule has 0 amide bonds. The molecule has 0 saturated carbocycles. The van der Waals surface area contributed by atoms with Gasteiger partial charge in [0.1, 0.15) is 5.52 Å². The van der Waals surface area contributed by atoms with Gasteiger partial charge in [0.25, 0.3) is 5.56 Å². The fourth-order valence-electron chi connectivity index (χ4n) is 2.95. The number of ether oxygens (including phenoxy) is 2. The van der Waals surface area contributed by atoms with E-state index in [2.05, 4.69) is 20.3 Å². The monoisotopic (exact) mass is 412 g/mol. The summed E-state index contributed by atoms with van der Waals surface area (Å²) in [5.41, 5.74) is 8.41. The smallest absolute Gasteiger partial charge is 0.293 e. The van der Waals surface area contributed by atoms with Gasteiger partial charge in [0.15, 0.2) is 5.82 Å². The zero-order chi connectivity index (χ0) is 21.5. The van der Waals surface area contributed by atoms with E-state index in [0.717, 1.165) is 12.0 Å². The lowest BCUT2D eigenvalue weighted by molar-refractivity contribution is 0.127. The molecule has 0 aliphatic rings. The maximum atomic E-state index is 13.1. The van der Waals surface area contributed by atoms with Gasteiger partial charge >= 0.3 is 0 Å². The van der Waals surface area contributed by atoms with E-state index in [1.165, 1.54) is 0 Å². The molecule has 3 N–H and O–H groups in total.